The fourth-order valence-electron chi connectivity index (χ4n) is 3.62. The molecular formula is C23H18N4O6. The number of nitro benzene ring substituents is 2. The van der Waals surface area contributed by atoms with Gasteiger partial charge in [-0.2, -0.15) is 5.10 Å². The van der Waals surface area contributed by atoms with Crippen LogP contribution in [0, 0.1) is 20.2 Å². The summed E-state index contributed by atoms with van der Waals surface area (Å²) in [6.07, 6.45) is 0.366. The third kappa shape index (κ3) is 4.40. The summed E-state index contributed by atoms with van der Waals surface area (Å²) in [7, 11) is 1.56. The molecule has 0 fully saturated rings. The van der Waals surface area contributed by atoms with Gasteiger partial charge in [0, 0.05) is 36.2 Å². The number of methoxy groups -OCH3 is 1. The molecule has 0 N–H and O–H groups in total. The summed E-state index contributed by atoms with van der Waals surface area (Å²) in [5.74, 6) is 0.166. The Hall–Kier alpha value is -4.60. The number of amides is 1. The lowest BCUT2D eigenvalue weighted by Gasteiger charge is -2.22. The molecular weight excluding hydrogens is 428 g/mol. The van der Waals surface area contributed by atoms with Gasteiger partial charge in [0.15, 0.2) is 0 Å². The first-order chi connectivity index (χ1) is 15.9. The number of hydrazone groups is 1. The second-order valence-electron chi connectivity index (χ2n) is 7.30. The number of nitro groups is 2. The predicted molar refractivity (Wildman–Crippen MR) is 119 cm³/mol. The van der Waals surface area contributed by atoms with Crippen molar-refractivity contribution in [3.8, 4) is 5.75 Å². The Morgan fingerprint density at radius 1 is 0.970 bits per heavy atom. The Labute approximate surface area is 188 Å². The van der Waals surface area contributed by atoms with Crippen molar-refractivity contribution >= 4 is 23.0 Å². The predicted octanol–water partition coefficient (Wildman–Crippen LogP) is 4.50. The number of rotatable bonds is 6. The highest BCUT2D eigenvalue weighted by Gasteiger charge is 2.34. The monoisotopic (exact) mass is 446 g/mol. The molecule has 1 aliphatic rings. The average Bonchev–Trinajstić information content (AvgIpc) is 3.29. The third-order valence-corrected chi connectivity index (χ3v) is 5.33. The topological polar surface area (TPSA) is 128 Å². The number of benzene rings is 3. The highest BCUT2D eigenvalue weighted by molar-refractivity contribution is 6.05. The lowest BCUT2D eigenvalue weighted by Crippen LogP contribution is -2.27. The van der Waals surface area contributed by atoms with Gasteiger partial charge in [0.1, 0.15) is 5.75 Å². The molecule has 0 bridgehead atoms. The highest BCUT2D eigenvalue weighted by Crippen LogP contribution is 2.35. The summed E-state index contributed by atoms with van der Waals surface area (Å²) in [6.45, 7) is 0. The molecule has 1 amide bonds. The van der Waals surface area contributed by atoms with E-state index >= 15 is 0 Å². The van der Waals surface area contributed by atoms with Crippen LogP contribution in [0.2, 0.25) is 0 Å². The Morgan fingerprint density at radius 2 is 1.64 bits per heavy atom. The second-order valence-corrected chi connectivity index (χ2v) is 7.30. The van der Waals surface area contributed by atoms with E-state index in [9.17, 15) is 25.0 Å². The fourth-order valence-corrected chi connectivity index (χ4v) is 3.62. The van der Waals surface area contributed by atoms with Gasteiger partial charge in [-0.1, -0.05) is 18.2 Å². The second kappa shape index (κ2) is 8.87. The van der Waals surface area contributed by atoms with Gasteiger partial charge in [-0.25, -0.2) is 5.01 Å². The summed E-state index contributed by atoms with van der Waals surface area (Å²) in [5.41, 5.74) is 1.94. The summed E-state index contributed by atoms with van der Waals surface area (Å²) in [6, 6.07) is 18.0. The molecule has 3 aromatic carbocycles. The Kier molecular flexibility index (Phi) is 5.81. The van der Waals surface area contributed by atoms with Crippen LogP contribution in [0.3, 0.4) is 0 Å². The van der Waals surface area contributed by atoms with E-state index in [1.807, 2.05) is 12.1 Å². The molecule has 0 aliphatic carbocycles. The molecule has 0 saturated carbocycles. The molecule has 1 aliphatic heterocycles. The molecule has 0 radical (unpaired) electrons. The largest absolute Gasteiger partial charge is 0.497 e. The zero-order valence-corrected chi connectivity index (χ0v) is 17.5. The minimum Gasteiger partial charge on any atom is -0.497 e. The van der Waals surface area contributed by atoms with E-state index in [0.29, 0.717) is 23.4 Å². The zero-order valence-electron chi connectivity index (χ0n) is 17.5. The first-order valence-corrected chi connectivity index (χ1v) is 9.91. The molecule has 33 heavy (non-hydrogen) atoms. The molecule has 0 unspecified atom stereocenters. The van der Waals surface area contributed by atoms with Gasteiger partial charge in [-0.15, -0.1) is 0 Å². The van der Waals surface area contributed by atoms with E-state index < -0.39 is 21.8 Å². The Balaban J connectivity index is 1.72. The normalized spacial score (nSPS) is 15.1. The van der Waals surface area contributed by atoms with E-state index in [1.54, 1.807) is 31.4 Å². The van der Waals surface area contributed by atoms with Crippen molar-refractivity contribution in [2.75, 3.05) is 7.11 Å². The van der Waals surface area contributed by atoms with Crippen LogP contribution in [0.1, 0.15) is 33.9 Å². The molecule has 1 heterocycles. The summed E-state index contributed by atoms with van der Waals surface area (Å²) in [5, 5.41) is 28.0. The standard InChI is InChI=1S/C23H18N4O6/c1-33-20-11-7-15(8-12-20)21-14-22(16-5-9-18(10-6-16)26(29)30)25(24-21)23(28)17-3-2-4-19(13-17)27(31)32/h2-13,22H,14H2,1H3/t22-/m1/s1. The van der Waals surface area contributed by atoms with Crippen LogP contribution in [0.15, 0.2) is 77.9 Å². The third-order valence-electron chi connectivity index (χ3n) is 5.33. The van der Waals surface area contributed by atoms with E-state index in [1.165, 1.54) is 41.4 Å². The molecule has 1 atom stereocenters. The van der Waals surface area contributed by atoms with Crippen molar-refractivity contribution in [2.45, 2.75) is 12.5 Å². The Morgan fingerprint density at radius 3 is 2.24 bits per heavy atom. The van der Waals surface area contributed by atoms with Gasteiger partial charge < -0.3 is 4.74 Å². The molecule has 166 valence electrons. The molecule has 10 nitrogen and oxygen atoms in total. The van der Waals surface area contributed by atoms with Gasteiger partial charge >= 0.3 is 0 Å². The first kappa shape index (κ1) is 21.6. The smallest absolute Gasteiger partial charge is 0.274 e. The van der Waals surface area contributed by atoms with Crippen LogP contribution in [0.5, 0.6) is 5.75 Å². The lowest BCUT2D eigenvalue weighted by atomic mass is 9.98. The maximum atomic E-state index is 13.3. The van der Waals surface area contributed by atoms with Crippen molar-refractivity contribution in [3.63, 3.8) is 0 Å². The van der Waals surface area contributed by atoms with Crippen LogP contribution >= 0.6 is 0 Å². The van der Waals surface area contributed by atoms with Gasteiger partial charge in [0.05, 0.1) is 28.7 Å². The first-order valence-electron chi connectivity index (χ1n) is 9.91. The van der Waals surface area contributed by atoms with Crippen LogP contribution < -0.4 is 4.74 Å². The van der Waals surface area contributed by atoms with Crippen molar-refractivity contribution in [2.24, 2.45) is 5.10 Å². The van der Waals surface area contributed by atoms with E-state index in [2.05, 4.69) is 5.10 Å². The number of carbonyl (C=O) groups excluding carboxylic acids is 1. The number of non-ortho nitro benzene ring substituents is 2. The van der Waals surface area contributed by atoms with Gasteiger partial charge in [0.25, 0.3) is 17.3 Å². The average molecular weight is 446 g/mol. The van der Waals surface area contributed by atoms with Gasteiger partial charge in [-0.3, -0.25) is 25.0 Å². The SMILES string of the molecule is COc1ccc(C2=NN(C(=O)c3cccc([N+](=O)[O-])c3)[C@@H](c3ccc([N+](=O)[O-])cc3)C2)cc1. The highest BCUT2D eigenvalue weighted by atomic mass is 16.6. The maximum Gasteiger partial charge on any atom is 0.274 e. The number of ether oxygens (including phenoxy) is 1. The minimum absolute atomic E-state index is 0.0652. The van der Waals surface area contributed by atoms with Crippen LogP contribution in [0.4, 0.5) is 11.4 Å². The number of nitrogens with zero attached hydrogens (tertiary/aromatic N) is 4. The van der Waals surface area contributed by atoms with Crippen LogP contribution in [-0.2, 0) is 0 Å². The fraction of sp³-hybridized carbons (Fsp3) is 0.130. The van der Waals surface area contributed by atoms with Gasteiger partial charge in [-0.05, 0) is 41.5 Å². The molecule has 10 heteroatoms. The lowest BCUT2D eigenvalue weighted by molar-refractivity contribution is -0.385. The Bertz CT molecular complexity index is 1250. The zero-order chi connectivity index (χ0) is 23.5. The molecule has 0 aromatic heterocycles. The quantitative estimate of drug-likeness (QED) is 0.405. The molecule has 0 spiro atoms. The molecule has 0 saturated heterocycles. The maximum absolute atomic E-state index is 13.3. The van der Waals surface area contributed by atoms with Gasteiger partial charge in [0.2, 0.25) is 0 Å². The van der Waals surface area contributed by atoms with Crippen LogP contribution in [0.25, 0.3) is 0 Å². The number of carbonyl (C=O) groups is 1. The van der Waals surface area contributed by atoms with Crippen molar-refractivity contribution in [1.29, 1.82) is 0 Å². The molecule has 3 aromatic rings. The number of hydrogen-bond donors (Lipinski definition) is 0. The summed E-state index contributed by atoms with van der Waals surface area (Å²) < 4.78 is 5.19. The van der Waals surface area contributed by atoms with Crippen LogP contribution in [-0.4, -0.2) is 33.6 Å². The van der Waals surface area contributed by atoms with Crippen molar-refractivity contribution < 1.29 is 19.4 Å². The molecule has 4 rings (SSSR count). The van der Waals surface area contributed by atoms with Crippen molar-refractivity contribution in [1.82, 2.24) is 5.01 Å². The number of hydrogen-bond acceptors (Lipinski definition) is 7. The van der Waals surface area contributed by atoms with E-state index in [-0.39, 0.29) is 16.9 Å². The van der Waals surface area contributed by atoms with E-state index in [4.69, 9.17) is 4.74 Å². The van der Waals surface area contributed by atoms with E-state index in [0.717, 1.165) is 5.56 Å². The summed E-state index contributed by atoms with van der Waals surface area (Å²) >= 11 is 0. The summed E-state index contributed by atoms with van der Waals surface area (Å²) in [4.78, 5) is 34.4. The minimum atomic E-state index is -0.569. The van der Waals surface area contributed by atoms with Crippen molar-refractivity contribution in [3.05, 3.63) is 110 Å².